The van der Waals surface area contributed by atoms with Crippen molar-refractivity contribution in [1.82, 2.24) is 0 Å². The monoisotopic (exact) mass is 494 g/mol. The highest BCUT2D eigenvalue weighted by molar-refractivity contribution is 5.60. The molecule has 4 nitrogen and oxygen atoms in total. The van der Waals surface area contributed by atoms with Crippen molar-refractivity contribution in [1.29, 1.82) is 0 Å². The van der Waals surface area contributed by atoms with Crippen LogP contribution in [0.25, 0.3) is 0 Å². The normalized spacial score (nSPS) is 15.8. The van der Waals surface area contributed by atoms with Crippen molar-refractivity contribution in [2.75, 3.05) is 26.4 Å². The third-order valence-electron chi connectivity index (χ3n) is 7.34. The van der Waals surface area contributed by atoms with Gasteiger partial charge < -0.3 is 19.7 Å². The van der Waals surface area contributed by atoms with E-state index in [1.807, 2.05) is 24.3 Å². The average Bonchev–Trinajstić information content (AvgIpc) is 3.31. The molecule has 1 aliphatic carbocycles. The van der Waals surface area contributed by atoms with Crippen LogP contribution in [0.1, 0.15) is 53.0 Å². The molecule has 5 rings (SSSR count). The van der Waals surface area contributed by atoms with Crippen molar-refractivity contribution in [3.8, 4) is 11.5 Å². The molecule has 4 aromatic rings. The van der Waals surface area contributed by atoms with Gasteiger partial charge in [0.2, 0.25) is 0 Å². The van der Waals surface area contributed by atoms with Crippen molar-refractivity contribution >= 4 is 0 Å². The Kier molecular flexibility index (Phi) is 7.88. The maximum Gasteiger partial charge on any atom is 0.119 e. The summed E-state index contributed by atoms with van der Waals surface area (Å²) in [6.07, 6.45) is 2.15. The number of ether oxygens (including phenoxy) is 2. The second-order valence-corrected chi connectivity index (χ2v) is 9.56. The maximum absolute atomic E-state index is 9.08. The summed E-state index contributed by atoms with van der Waals surface area (Å²) in [7, 11) is 0. The second-order valence-electron chi connectivity index (χ2n) is 9.56. The number of benzene rings is 4. The van der Waals surface area contributed by atoms with Gasteiger partial charge in [0, 0.05) is 37.4 Å². The van der Waals surface area contributed by atoms with Crippen LogP contribution in [0, 0.1) is 0 Å². The van der Waals surface area contributed by atoms with Crippen LogP contribution in [0.5, 0.6) is 11.5 Å². The van der Waals surface area contributed by atoms with Crippen LogP contribution in [0.2, 0.25) is 0 Å². The van der Waals surface area contributed by atoms with Gasteiger partial charge >= 0.3 is 0 Å². The van der Waals surface area contributed by atoms with Gasteiger partial charge in [-0.05, 0) is 58.5 Å². The quantitative estimate of drug-likeness (QED) is 0.248. The van der Waals surface area contributed by atoms with Gasteiger partial charge in [0.15, 0.2) is 0 Å². The molecule has 0 saturated heterocycles. The predicted molar refractivity (Wildman–Crippen MR) is 147 cm³/mol. The SMILES string of the molecule is OCCCOc1ccc(C2(c3ccc(OCCCO)cc3)CC(c3ccccc3)c3ccccc32)cc1. The van der Waals surface area contributed by atoms with Gasteiger partial charge in [0.25, 0.3) is 0 Å². The standard InChI is InChI=1S/C33H34O4/c34-20-6-22-36-28-16-12-26(13-17-28)33(27-14-18-29(19-15-27)37-23-7-21-35)24-31(25-8-2-1-3-9-25)30-10-4-5-11-32(30)33/h1-5,8-19,31,34-35H,6-7,20-24H2. The number of aliphatic hydroxyl groups is 2. The first-order chi connectivity index (χ1) is 18.3. The van der Waals surface area contributed by atoms with E-state index < -0.39 is 0 Å². The molecule has 37 heavy (non-hydrogen) atoms. The molecule has 1 unspecified atom stereocenters. The van der Waals surface area contributed by atoms with Crippen LogP contribution in [0.15, 0.2) is 103 Å². The largest absolute Gasteiger partial charge is 0.494 e. The van der Waals surface area contributed by atoms with E-state index in [1.165, 1.54) is 27.8 Å². The summed E-state index contributed by atoms with van der Waals surface area (Å²) in [6.45, 7) is 1.24. The van der Waals surface area contributed by atoms with Crippen molar-refractivity contribution < 1.29 is 19.7 Å². The molecule has 0 aromatic heterocycles. The third-order valence-corrected chi connectivity index (χ3v) is 7.34. The summed E-state index contributed by atoms with van der Waals surface area (Å²) in [5.74, 6) is 1.90. The molecule has 4 aromatic carbocycles. The lowest BCUT2D eigenvalue weighted by molar-refractivity contribution is 0.233. The molecular formula is C33H34O4. The molecule has 0 heterocycles. The average molecular weight is 495 g/mol. The smallest absolute Gasteiger partial charge is 0.119 e. The summed E-state index contributed by atoms with van der Waals surface area (Å²) in [5, 5.41) is 18.2. The molecular weight excluding hydrogens is 460 g/mol. The highest BCUT2D eigenvalue weighted by Gasteiger charge is 2.46. The summed E-state index contributed by atoms with van der Waals surface area (Å²) in [6, 6.07) is 36.5. The van der Waals surface area contributed by atoms with E-state index in [4.69, 9.17) is 19.7 Å². The highest BCUT2D eigenvalue weighted by atomic mass is 16.5. The Hall–Kier alpha value is -3.60. The van der Waals surface area contributed by atoms with Crippen LogP contribution >= 0.6 is 0 Å². The molecule has 0 fully saturated rings. The fraction of sp³-hybridized carbons (Fsp3) is 0.273. The van der Waals surface area contributed by atoms with E-state index in [1.54, 1.807) is 0 Å². The Labute approximate surface area is 219 Å². The highest BCUT2D eigenvalue weighted by Crippen LogP contribution is 2.55. The molecule has 2 N–H and O–H groups in total. The van der Waals surface area contributed by atoms with E-state index in [2.05, 4.69) is 78.9 Å². The van der Waals surface area contributed by atoms with Gasteiger partial charge in [0.05, 0.1) is 13.2 Å². The fourth-order valence-corrected chi connectivity index (χ4v) is 5.59. The first-order valence-corrected chi connectivity index (χ1v) is 13.1. The lowest BCUT2D eigenvalue weighted by Gasteiger charge is -2.33. The number of hydrogen-bond acceptors (Lipinski definition) is 4. The number of rotatable bonds is 11. The van der Waals surface area contributed by atoms with Crippen LogP contribution in [-0.2, 0) is 5.41 Å². The van der Waals surface area contributed by atoms with Gasteiger partial charge in [-0.2, -0.15) is 0 Å². The van der Waals surface area contributed by atoms with Gasteiger partial charge in [0.1, 0.15) is 11.5 Å². The minimum absolute atomic E-state index is 0.124. The van der Waals surface area contributed by atoms with E-state index >= 15 is 0 Å². The van der Waals surface area contributed by atoms with Gasteiger partial charge in [-0.1, -0.05) is 78.9 Å². The first-order valence-electron chi connectivity index (χ1n) is 13.1. The molecule has 0 radical (unpaired) electrons. The van der Waals surface area contributed by atoms with Crippen LogP contribution in [-0.4, -0.2) is 36.6 Å². The molecule has 0 amide bonds. The van der Waals surface area contributed by atoms with E-state index in [0.29, 0.717) is 26.1 Å². The van der Waals surface area contributed by atoms with Crippen molar-refractivity contribution in [2.45, 2.75) is 30.6 Å². The lowest BCUT2D eigenvalue weighted by atomic mass is 9.69. The topological polar surface area (TPSA) is 58.9 Å². The zero-order valence-electron chi connectivity index (χ0n) is 21.1. The Balaban J connectivity index is 1.59. The van der Waals surface area contributed by atoms with Crippen LogP contribution in [0.4, 0.5) is 0 Å². The second kappa shape index (κ2) is 11.6. The van der Waals surface area contributed by atoms with Crippen molar-refractivity contribution in [3.05, 3.63) is 131 Å². The Morgan fingerprint density at radius 2 is 1.14 bits per heavy atom. The zero-order valence-corrected chi connectivity index (χ0v) is 21.1. The first kappa shape index (κ1) is 25.1. The number of aliphatic hydroxyl groups excluding tert-OH is 2. The summed E-state index contributed by atoms with van der Waals surface area (Å²) in [5.41, 5.74) is 6.13. The maximum atomic E-state index is 9.08. The number of fused-ring (bicyclic) bond motifs is 1. The van der Waals surface area contributed by atoms with E-state index in [-0.39, 0.29) is 24.5 Å². The third kappa shape index (κ3) is 5.13. The Morgan fingerprint density at radius 1 is 0.622 bits per heavy atom. The van der Waals surface area contributed by atoms with Crippen molar-refractivity contribution in [3.63, 3.8) is 0 Å². The molecule has 190 valence electrons. The van der Waals surface area contributed by atoms with Gasteiger partial charge in [-0.15, -0.1) is 0 Å². The van der Waals surface area contributed by atoms with Gasteiger partial charge in [-0.25, -0.2) is 0 Å². The molecule has 0 bridgehead atoms. The number of hydrogen-bond donors (Lipinski definition) is 2. The predicted octanol–water partition coefficient (Wildman–Crippen LogP) is 6.08. The Bertz CT molecular complexity index is 1210. The molecule has 1 aliphatic rings. The summed E-state index contributed by atoms with van der Waals surface area (Å²) < 4.78 is 11.7. The molecule has 0 saturated carbocycles. The van der Waals surface area contributed by atoms with Crippen LogP contribution in [0.3, 0.4) is 0 Å². The van der Waals surface area contributed by atoms with Gasteiger partial charge in [-0.3, -0.25) is 0 Å². The molecule has 1 atom stereocenters. The Morgan fingerprint density at radius 3 is 1.68 bits per heavy atom. The minimum atomic E-state index is -0.329. The molecule has 4 heteroatoms. The lowest BCUT2D eigenvalue weighted by Crippen LogP contribution is -2.27. The fourth-order valence-electron chi connectivity index (χ4n) is 5.59. The van der Waals surface area contributed by atoms with E-state index in [0.717, 1.165) is 17.9 Å². The molecule has 0 aliphatic heterocycles. The van der Waals surface area contributed by atoms with Crippen molar-refractivity contribution in [2.24, 2.45) is 0 Å². The summed E-state index contributed by atoms with van der Waals surface area (Å²) >= 11 is 0. The van der Waals surface area contributed by atoms with E-state index in [9.17, 15) is 0 Å². The molecule has 0 spiro atoms. The zero-order chi connectivity index (χ0) is 25.5. The minimum Gasteiger partial charge on any atom is -0.494 e. The van der Waals surface area contributed by atoms with Crippen LogP contribution < -0.4 is 9.47 Å². The summed E-state index contributed by atoms with van der Waals surface area (Å²) in [4.78, 5) is 0.